The summed E-state index contributed by atoms with van der Waals surface area (Å²) in [6, 6.07) is -0.277. The molecule has 0 aliphatic heterocycles. The van der Waals surface area contributed by atoms with Crippen molar-refractivity contribution in [2.45, 2.75) is 46.6 Å². The summed E-state index contributed by atoms with van der Waals surface area (Å²) in [4.78, 5) is 22.0. The van der Waals surface area contributed by atoms with E-state index in [0.717, 1.165) is 25.0 Å². The summed E-state index contributed by atoms with van der Waals surface area (Å²) in [5.74, 6) is 1.25. The molecule has 0 radical (unpaired) electrons. The Labute approximate surface area is 145 Å². The largest absolute Gasteiger partial charge is 0.330 e. The van der Waals surface area contributed by atoms with E-state index in [0.29, 0.717) is 28.8 Å². The summed E-state index contributed by atoms with van der Waals surface area (Å²) < 4.78 is 1.61. The first-order valence-corrected chi connectivity index (χ1v) is 9.01. The second-order valence-corrected chi connectivity index (χ2v) is 8.42. The Morgan fingerprint density at radius 2 is 2.25 bits per heavy atom. The number of urea groups is 1. The summed E-state index contributed by atoms with van der Waals surface area (Å²) in [7, 11) is 1.79. The number of aryl methyl sites for hydroxylation is 2. The summed E-state index contributed by atoms with van der Waals surface area (Å²) >= 11 is 1.59. The lowest BCUT2D eigenvalue weighted by atomic mass is 9.73. The second kappa shape index (κ2) is 6.51. The van der Waals surface area contributed by atoms with Crippen LogP contribution in [0.25, 0.3) is 0 Å². The lowest BCUT2D eigenvalue weighted by Crippen LogP contribution is -2.28. The van der Waals surface area contributed by atoms with Crippen molar-refractivity contribution in [3.05, 3.63) is 22.7 Å². The highest BCUT2D eigenvalue weighted by Crippen LogP contribution is 2.39. The van der Waals surface area contributed by atoms with Crippen LogP contribution in [0.2, 0.25) is 0 Å². The van der Waals surface area contributed by atoms with Gasteiger partial charge < -0.3 is 5.32 Å². The van der Waals surface area contributed by atoms with Gasteiger partial charge in [-0.25, -0.2) is 14.8 Å². The molecule has 0 aromatic carbocycles. The summed E-state index contributed by atoms with van der Waals surface area (Å²) in [5.41, 5.74) is 1.45. The molecule has 0 saturated carbocycles. The predicted molar refractivity (Wildman–Crippen MR) is 93.9 cm³/mol. The minimum Gasteiger partial charge on any atom is -0.330 e. The smallest absolute Gasteiger partial charge is 0.321 e. The van der Waals surface area contributed by atoms with E-state index in [2.05, 4.69) is 46.5 Å². The molecular weight excluding hydrogens is 324 g/mol. The van der Waals surface area contributed by atoms with Crippen molar-refractivity contribution in [3.8, 4) is 0 Å². The first-order chi connectivity index (χ1) is 11.3. The zero-order valence-electron chi connectivity index (χ0n) is 14.6. The van der Waals surface area contributed by atoms with Crippen molar-refractivity contribution >= 4 is 22.5 Å². The number of rotatable bonds is 3. The fourth-order valence-electron chi connectivity index (χ4n) is 2.93. The van der Waals surface area contributed by atoms with Crippen LogP contribution in [0.1, 0.15) is 43.6 Å². The van der Waals surface area contributed by atoms with Gasteiger partial charge in [-0.05, 0) is 30.6 Å². The number of carbonyl (C=O) groups is 1. The monoisotopic (exact) mass is 348 g/mol. The molecule has 2 N–H and O–H groups in total. The maximum Gasteiger partial charge on any atom is 0.321 e. The standard InChI is InChI=1S/C16H24N6OS/c1-16(2,3)10-5-6-11-12(7-10)24-15(19-11)20-14(23)17-8-13-18-9-22(4)21-13/h9-10H,5-8H2,1-4H3,(H2,17,19,20,23)/t10-/m0/s1. The molecule has 24 heavy (non-hydrogen) atoms. The maximum atomic E-state index is 12.0. The van der Waals surface area contributed by atoms with Gasteiger partial charge in [-0.1, -0.05) is 20.8 Å². The number of hydrogen-bond donors (Lipinski definition) is 2. The number of amides is 2. The molecule has 8 heteroatoms. The van der Waals surface area contributed by atoms with Crippen molar-refractivity contribution < 1.29 is 4.79 Å². The molecule has 0 fully saturated rings. The molecule has 2 aromatic rings. The average Bonchev–Trinajstić information content (AvgIpc) is 3.08. The van der Waals surface area contributed by atoms with Crippen LogP contribution in [0.15, 0.2) is 6.33 Å². The molecule has 3 rings (SSSR count). The first kappa shape index (κ1) is 16.9. The highest BCUT2D eigenvalue weighted by Gasteiger charge is 2.30. The van der Waals surface area contributed by atoms with E-state index in [1.165, 1.54) is 4.88 Å². The van der Waals surface area contributed by atoms with Crippen molar-refractivity contribution in [3.63, 3.8) is 0 Å². The molecule has 1 aliphatic carbocycles. The number of nitrogens with one attached hydrogen (secondary N) is 2. The van der Waals surface area contributed by atoms with E-state index in [4.69, 9.17) is 0 Å². The third kappa shape index (κ3) is 3.92. The summed E-state index contributed by atoms with van der Waals surface area (Å²) in [6.07, 6.45) is 4.82. The highest BCUT2D eigenvalue weighted by atomic mass is 32.1. The van der Waals surface area contributed by atoms with E-state index in [9.17, 15) is 4.79 Å². The lowest BCUT2D eigenvalue weighted by molar-refractivity contribution is 0.217. The van der Waals surface area contributed by atoms with E-state index in [1.807, 2.05) is 0 Å². The van der Waals surface area contributed by atoms with Gasteiger partial charge in [0, 0.05) is 11.9 Å². The van der Waals surface area contributed by atoms with Gasteiger partial charge in [-0.3, -0.25) is 10.00 Å². The molecule has 130 valence electrons. The number of nitrogens with zero attached hydrogens (tertiary/aromatic N) is 4. The Balaban J connectivity index is 1.57. The number of fused-ring (bicyclic) bond motifs is 1. The van der Waals surface area contributed by atoms with Crippen LogP contribution in [0.5, 0.6) is 0 Å². The lowest BCUT2D eigenvalue weighted by Gasteiger charge is -2.33. The quantitative estimate of drug-likeness (QED) is 0.893. The van der Waals surface area contributed by atoms with Gasteiger partial charge in [-0.15, -0.1) is 11.3 Å². The van der Waals surface area contributed by atoms with Gasteiger partial charge in [0.1, 0.15) is 6.33 Å². The normalized spacial score (nSPS) is 17.4. The van der Waals surface area contributed by atoms with E-state index < -0.39 is 0 Å². The van der Waals surface area contributed by atoms with Crippen LogP contribution < -0.4 is 10.6 Å². The minimum absolute atomic E-state index is 0.277. The molecule has 0 saturated heterocycles. The van der Waals surface area contributed by atoms with Gasteiger partial charge in [-0.2, -0.15) is 5.10 Å². The fraction of sp³-hybridized carbons (Fsp3) is 0.625. The molecule has 0 unspecified atom stereocenters. The van der Waals surface area contributed by atoms with Gasteiger partial charge in [0.2, 0.25) is 0 Å². The number of thiazole rings is 1. The number of hydrogen-bond acceptors (Lipinski definition) is 5. The van der Waals surface area contributed by atoms with Gasteiger partial charge in [0.05, 0.1) is 12.2 Å². The summed E-state index contributed by atoms with van der Waals surface area (Å²) in [6.45, 7) is 7.18. The molecule has 2 aromatic heterocycles. The minimum atomic E-state index is -0.277. The van der Waals surface area contributed by atoms with Crippen LogP contribution in [-0.2, 0) is 26.4 Å². The Morgan fingerprint density at radius 1 is 1.46 bits per heavy atom. The molecule has 7 nitrogen and oxygen atoms in total. The van der Waals surface area contributed by atoms with Gasteiger partial charge >= 0.3 is 6.03 Å². The third-order valence-corrected chi connectivity index (χ3v) is 5.47. The van der Waals surface area contributed by atoms with Gasteiger partial charge in [0.25, 0.3) is 0 Å². The van der Waals surface area contributed by atoms with Crippen LogP contribution in [0.3, 0.4) is 0 Å². The van der Waals surface area contributed by atoms with Crippen LogP contribution in [0.4, 0.5) is 9.93 Å². The Morgan fingerprint density at radius 3 is 2.92 bits per heavy atom. The number of carbonyl (C=O) groups excluding carboxylic acids is 1. The molecule has 0 spiro atoms. The van der Waals surface area contributed by atoms with Crippen LogP contribution in [-0.4, -0.2) is 25.8 Å². The zero-order chi connectivity index (χ0) is 17.3. The molecule has 0 bridgehead atoms. The van der Waals surface area contributed by atoms with Crippen LogP contribution >= 0.6 is 11.3 Å². The molecular formula is C16H24N6OS. The SMILES string of the molecule is Cn1cnc(CNC(=O)Nc2nc3c(s2)C[C@@H](C(C)(C)C)CC3)n1. The molecule has 2 heterocycles. The Hall–Kier alpha value is -1.96. The Kier molecular flexibility index (Phi) is 4.58. The third-order valence-electron chi connectivity index (χ3n) is 4.44. The van der Waals surface area contributed by atoms with E-state index >= 15 is 0 Å². The highest BCUT2D eigenvalue weighted by molar-refractivity contribution is 7.15. The topological polar surface area (TPSA) is 84.7 Å². The van der Waals surface area contributed by atoms with E-state index in [-0.39, 0.29) is 6.03 Å². The van der Waals surface area contributed by atoms with Crippen molar-refractivity contribution in [2.75, 3.05) is 5.32 Å². The first-order valence-electron chi connectivity index (χ1n) is 8.19. The molecule has 1 aliphatic rings. The predicted octanol–water partition coefficient (Wildman–Crippen LogP) is 2.74. The van der Waals surface area contributed by atoms with Gasteiger partial charge in [0.15, 0.2) is 11.0 Å². The Bertz CT molecular complexity index is 729. The van der Waals surface area contributed by atoms with Crippen molar-refractivity contribution in [1.29, 1.82) is 0 Å². The second-order valence-electron chi connectivity index (χ2n) is 7.34. The van der Waals surface area contributed by atoms with Crippen molar-refractivity contribution in [1.82, 2.24) is 25.1 Å². The maximum absolute atomic E-state index is 12.0. The van der Waals surface area contributed by atoms with E-state index in [1.54, 1.807) is 29.4 Å². The van der Waals surface area contributed by atoms with Crippen molar-refractivity contribution in [2.24, 2.45) is 18.4 Å². The fourth-order valence-corrected chi connectivity index (χ4v) is 4.02. The summed E-state index contributed by atoms with van der Waals surface area (Å²) in [5, 5.41) is 10.4. The molecule has 2 amide bonds. The average molecular weight is 348 g/mol. The number of anilines is 1. The molecule has 1 atom stereocenters. The number of aromatic nitrogens is 4. The zero-order valence-corrected chi connectivity index (χ0v) is 15.4. The van der Waals surface area contributed by atoms with Crippen LogP contribution in [0, 0.1) is 11.3 Å².